The first kappa shape index (κ1) is 18.9. The molecule has 0 saturated carbocycles. The highest BCUT2D eigenvalue weighted by atomic mass is 16.6. The molecule has 0 aliphatic heterocycles. The second-order valence-electron chi connectivity index (χ2n) is 5.91. The van der Waals surface area contributed by atoms with E-state index in [0.29, 0.717) is 22.7 Å². The average molecular weight is 378 g/mol. The Labute approximate surface area is 161 Å². The number of rotatable bonds is 6. The Balaban J connectivity index is 1.93. The number of anilines is 1. The van der Waals surface area contributed by atoms with E-state index in [0.717, 1.165) is 11.1 Å². The molecule has 0 aromatic heterocycles. The van der Waals surface area contributed by atoms with E-state index in [1.807, 2.05) is 24.3 Å². The Bertz CT molecular complexity index is 1030. The van der Waals surface area contributed by atoms with Crippen LogP contribution in [0.4, 0.5) is 11.4 Å². The molecule has 0 aliphatic carbocycles. The van der Waals surface area contributed by atoms with Gasteiger partial charge in [0.15, 0.2) is 0 Å². The standard InChI is InChI=1S/C21H18N2O5/c1-27-18-8-3-5-14(11-18)19-12-15(9-10-20(19)28-2)21(24)22-16-6-4-7-17(13-16)23(25)26/h3-13H,1-2H3,(H,22,24). The largest absolute Gasteiger partial charge is 0.497 e. The van der Waals surface area contributed by atoms with Gasteiger partial charge >= 0.3 is 0 Å². The Kier molecular flexibility index (Phi) is 5.55. The van der Waals surface area contributed by atoms with Crippen LogP contribution in [0.2, 0.25) is 0 Å². The van der Waals surface area contributed by atoms with E-state index in [-0.39, 0.29) is 11.6 Å². The summed E-state index contributed by atoms with van der Waals surface area (Å²) in [5.74, 6) is 0.915. The number of methoxy groups -OCH3 is 2. The molecule has 0 atom stereocenters. The molecule has 0 unspecified atom stereocenters. The lowest BCUT2D eigenvalue weighted by atomic mass is 10.0. The van der Waals surface area contributed by atoms with E-state index in [2.05, 4.69) is 5.32 Å². The van der Waals surface area contributed by atoms with Gasteiger partial charge in [-0.1, -0.05) is 18.2 Å². The van der Waals surface area contributed by atoms with Gasteiger partial charge in [-0.3, -0.25) is 14.9 Å². The van der Waals surface area contributed by atoms with E-state index in [4.69, 9.17) is 9.47 Å². The molecule has 0 spiro atoms. The molecule has 0 fully saturated rings. The summed E-state index contributed by atoms with van der Waals surface area (Å²) >= 11 is 0. The van der Waals surface area contributed by atoms with E-state index in [1.54, 1.807) is 38.5 Å². The number of carbonyl (C=O) groups excluding carboxylic acids is 1. The first-order valence-corrected chi connectivity index (χ1v) is 8.40. The normalized spacial score (nSPS) is 10.2. The van der Waals surface area contributed by atoms with Crippen molar-refractivity contribution in [3.8, 4) is 22.6 Å². The van der Waals surface area contributed by atoms with Crippen LogP contribution in [0.5, 0.6) is 11.5 Å². The predicted molar refractivity (Wildman–Crippen MR) is 106 cm³/mol. The minimum Gasteiger partial charge on any atom is -0.497 e. The molecule has 0 bridgehead atoms. The summed E-state index contributed by atoms with van der Waals surface area (Å²) < 4.78 is 10.7. The van der Waals surface area contributed by atoms with Crippen LogP contribution in [0, 0.1) is 10.1 Å². The van der Waals surface area contributed by atoms with Crippen LogP contribution in [0.3, 0.4) is 0 Å². The van der Waals surface area contributed by atoms with Gasteiger partial charge in [-0.05, 0) is 42.0 Å². The van der Waals surface area contributed by atoms with Gasteiger partial charge in [0.05, 0.1) is 19.1 Å². The van der Waals surface area contributed by atoms with Crippen LogP contribution < -0.4 is 14.8 Å². The zero-order chi connectivity index (χ0) is 20.1. The molecule has 0 heterocycles. The van der Waals surface area contributed by atoms with Crippen molar-refractivity contribution in [2.24, 2.45) is 0 Å². The van der Waals surface area contributed by atoms with Crippen LogP contribution in [-0.2, 0) is 0 Å². The minimum atomic E-state index is -0.510. The van der Waals surface area contributed by atoms with Crippen molar-refractivity contribution in [2.45, 2.75) is 0 Å². The SMILES string of the molecule is COc1cccc(-c2cc(C(=O)Nc3cccc([N+](=O)[O-])c3)ccc2OC)c1. The van der Waals surface area contributed by atoms with Gasteiger partial charge in [0.1, 0.15) is 11.5 Å². The van der Waals surface area contributed by atoms with Gasteiger partial charge in [0.2, 0.25) is 0 Å². The van der Waals surface area contributed by atoms with E-state index in [1.165, 1.54) is 18.2 Å². The summed E-state index contributed by atoms with van der Waals surface area (Å²) in [6.07, 6.45) is 0. The van der Waals surface area contributed by atoms with Gasteiger partial charge < -0.3 is 14.8 Å². The molecule has 1 amide bonds. The number of hydrogen-bond donors (Lipinski definition) is 1. The summed E-state index contributed by atoms with van der Waals surface area (Å²) in [6, 6.07) is 18.3. The number of carbonyl (C=O) groups is 1. The van der Waals surface area contributed by atoms with Crippen molar-refractivity contribution < 1.29 is 19.2 Å². The van der Waals surface area contributed by atoms with Crippen molar-refractivity contribution >= 4 is 17.3 Å². The third-order valence-electron chi connectivity index (χ3n) is 4.16. The highest BCUT2D eigenvalue weighted by Gasteiger charge is 2.14. The van der Waals surface area contributed by atoms with Crippen LogP contribution in [0.15, 0.2) is 66.7 Å². The fourth-order valence-corrected chi connectivity index (χ4v) is 2.77. The quantitative estimate of drug-likeness (QED) is 0.503. The second-order valence-corrected chi connectivity index (χ2v) is 5.91. The number of ether oxygens (including phenoxy) is 2. The van der Waals surface area contributed by atoms with Crippen molar-refractivity contribution in [3.63, 3.8) is 0 Å². The summed E-state index contributed by atoms with van der Waals surface area (Å²) in [7, 11) is 3.14. The number of nitrogens with one attached hydrogen (secondary N) is 1. The number of nitrogens with zero attached hydrogens (tertiary/aromatic N) is 1. The second kappa shape index (κ2) is 8.22. The fourth-order valence-electron chi connectivity index (χ4n) is 2.77. The highest BCUT2D eigenvalue weighted by Crippen LogP contribution is 2.33. The van der Waals surface area contributed by atoms with E-state index < -0.39 is 4.92 Å². The molecule has 3 rings (SSSR count). The average Bonchev–Trinajstić information content (AvgIpc) is 2.73. The van der Waals surface area contributed by atoms with Crippen LogP contribution in [-0.4, -0.2) is 25.1 Å². The molecule has 3 aromatic rings. The topological polar surface area (TPSA) is 90.7 Å². The summed E-state index contributed by atoms with van der Waals surface area (Å²) in [4.78, 5) is 23.0. The van der Waals surface area contributed by atoms with Gasteiger partial charge in [-0.2, -0.15) is 0 Å². The smallest absolute Gasteiger partial charge is 0.271 e. The Morgan fingerprint density at radius 2 is 1.75 bits per heavy atom. The first-order valence-electron chi connectivity index (χ1n) is 8.40. The fraction of sp³-hybridized carbons (Fsp3) is 0.0952. The highest BCUT2D eigenvalue weighted by molar-refractivity contribution is 6.05. The van der Waals surface area contributed by atoms with Gasteiger partial charge in [-0.25, -0.2) is 0 Å². The van der Waals surface area contributed by atoms with Gasteiger partial charge in [-0.15, -0.1) is 0 Å². The molecular formula is C21H18N2O5. The molecule has 7 nitrogen and oxygen atoms in total. The monoisotopic (exact) mass is 378 g/mol. The van der Waals surface area contributed by atoms with Crippen molar-refractivity contribution in [2.75, 3.05) is 19.5 Å². The molecule has 3 aromatic carbocycles. The number of benzene rings is 3. The lowest BCUT2D eigenvalue weighted by Crippen LogP contribution is -2.12. The predicted octanol–water partition coefficient (Wildman–Crippen LogP) is 4.53. The third kappa shape index (κ3) is 4.09. The number of non-ortho nitro benzene ring substituents is 1. The Morgan fingerprint density at radius 1 is 0.964 bits per heavy atom. The number of amides is 1. The molecule has 7 heteroatoms. The van der Waals surface area contributed by atoms with Gasteiger partial charge in [0, 0.05) is 28.9 Å². The van der Waals surface area contributed by atoms with E-state index >= 15 is 0 Å². The Hall–Kier alpha value is -3.87. The van der Waals surface area contributed by atoms with Gasteiger partial charge in [0.25, 0.3) is 11.6 Å². The van der Waals surface area contributed by atoms with E-state index in [9.17, 15) is 14.9 Å². The number of nitro benzene ring substituents is 1. The zero-order valence-electron chi connectivity index (χ0n) is 15.3. The lowest BCUT2D eigenvalue weighted by Gasteiger charge is -2.12. The maximum Gasteiger partial charge on any atom is 0.271 e. The minimum absolute atomic E-state index is 0.0930. The Morgan fingerprint density at radius 3 is 2.46 bits per heavy atom. The van der Waals surface area contributed by atoms with Crippen LogP contribution in [0.25, 0.3) is 11.1 Å². The van der Waals surface area contributed by atoms with Crippen molar-refractivity contribution in [3.05, 3.63) is 82.4 Å². The maximum atomic E-state index is 12.7. The lowest BCUT2D eigenvalue weighted by molar-refractivity contribution is -0.384. The number of hydrogen-bond acceptors (Lipinski definition) is 5. The van der Waals surface area contributed by atoms with Crippen molar-refractivity contribution in [1.82, 2.24) is 0 Å². The first-order chi connectivity index (χ1) is 13.5. The molecule has 28 heavy (non-hydrogen) atoms. The maximum absolute atomic E-state index is 12.7. The van der Waals surface area contributed by atoms with Crippen LogP contribution >= 0.6 is 0 Å². The molecular weight excluding hydrogens is 360 g/mol. The molecule has 1 N–H and O–H groups in total. The third-order valence-corrected chi connectivity index (χ3v) is 4.16. The van der Waals surface area contributed by atoms with Crippen molar-refractivity contribution in [1.29, 1.82) is 0 Å². The summed E-state index contributed by atoms with van der Waals surface area (Å²) in [5.41, 5.74) is 2.21. The summed E-state index contributed by atoms with van der Waals surface area (Å²) in [5, 5.41) is 13.6. The zero-order valence-corrected chi connectivity index (χ0v) is 15.3. The molecule has 0 radical (unpaired) electrons. The number of nitro groups is 1. The van der Waals surface area contributed by atoms with Crippen LogP contribution in [0.1, 0.15) is 10.4 Å². The molecule has 0 aliphatic rings. The molecule has 142 valence electrons. The summed E-state index contributed by atoms with van der Waals surface area (Å²) in [6.45, 7) is 0. The molecule has 0 saturated heterocycles.